The molecule has 1 saturated carbocycles. The monoisotopic (exact) mass is 240 g/mol. The highest BCUT2D eigenvalue weighted by molar-refractivity contribution is 5.76. The van der Waals surface area contributed by atoms with Gasteiger partial charge in [-0.05, 0) is 31.6 Å². The van der Waals surface area contributed by atoms with Gasteiger partial charge in [0.15, 0.2) is 0 Å². The Labute approximate surface area is 106 Å². The second-order valence-corrected chi connectivity index (χ2v) is 5.63. The van der Waals surface area contributed by atoms with E-state index in [4.69, 9.17) is 5.73 Å². The number of rotatable bonds is 5. The average Bonchev–Trinajstić information content (AvgIpc) is 2.44. The molecule has 1 rings (SSSR count). The molecule has 0 bridgehead atoms. The standard InChI is InChI=1S/C14H28N2O/c1-3-5-12(15)10-14(17)16-13-7-4-6-11(2)8-9-13/h11-13H,3-10,15H2,1-2H3,(H,16,17). The van der Waals surface area contributed by atoms with Gasteiger partial charge < -0.3 is 11.1 Å². The summed E-state index contributed by atoms with van der Waals surface area (Å²) in [6.45, 7) is 4.41. The van der Waals surface area contributed by atoms with Crippen LogP contribution in [0.1, 0.15) is 65.2 Å². The average molecular weight is 240 g/mol. The highest BCUT2D eigenvalue weighted by Gasteiger charge is 2.18. The molecule has 0 saturated heterocycles. The Morgan fingerprint density at radius 1 is 1.35 bits per heavy atom. The van der Waals surface area contributed by atoms with Crippen LogP contribution in [-0.4, -0.2) is 18.0 Å². The van der Waals surface area contributed by atoms with Crippen LogP contribution in [0.3, 0.4) is 0 Å². The molecule has 0 aromatic carbocycles. The fraction of sp³-hybridized carbons (Fsp3) is 0.929. The van der Waals surface area contributed by atoms with Crippen LogP contribution in [0.2, 0.25) is 0 Å². The highest BCUT2D eigenvalue weighted by atomic mass is 16.1. The Hall–Kier alpha value is -0.570. The summed E-state index contributed by atoms with van der Waals surface area (Å²) in [7, 11) is 0. The summed E-state index contributed by atoms with van der Waals surface area (Å²) in [4.78, 5) is 11.8. The van der Waals surface area contributed by atoms with Crippen molar-refractivity contribution in [3.05, 3.63) is 0 Å². The van der Waals surface area contributed by atoms with E-state index in [9.17, 15) is 4.79 Å². The number of hydrogen-bond donors (Lipinski definition) is 2. The van der Waals surface area contributed by atoms with Gasteiger partial charge in [0, 0.05) is 18.5 Å². The van der Waals surface area contributed by atoms with E-state index in [1.165, 1.54) is 19.3 Å². The van der Waals surface area contributed by atoms with E-state index in [2.05, 4.69) is 19.2 Å². The van der Waals surface area contributed by atoms with Gasteiger partial charge >= 0.3 is 0 Å². The molecule has 3 nitrogen and oxygen atoms in total. The predicted molar refractivity (Wildman–Crippen MR) is 71.7 cm³/mol. The van der Waals surface area contributed by atoms with Crippen molar-refractivity contribution in [2.45, 2.75) is 77.3 Å². The Kier molecular flexibility index (Phi) is 6.56. The van der Waals surface area contributed by atoms with Crippen molar-refractivity contribution in [1.29, 1.82) is 0 Å². The van der Waals surface area contributed by atoms with E-state index in [0.29, 0.717) is 12.5 Å². The lowest BCUT2D eigenvalue weighted by Gasteiger charge is -2.18. The zero-order chi connectivity index (χ0) is 12.7. The molecule has 3 unspecified atom stereocenters. The molecule has 3 heteroatoms. The number of amides is 1. The van der Waals surface area contributed by atoms with Gasteiger partial charge in [0.25, 0.3) is 0 Å². The van der Waals surface area contributed by atoms with Gasteiger partial charge in [0.05, 0.1) is 0 Å². The molecule has 0 radical (unpaired) electrons. The molecule has 1 aliphatic rings. The number of nitrogens with one attached hydrogen (secondary N) is 1. The minimum absolute atomic E-state index is 0.0321. The van der Waals surface area contributed by atoms with E-state index in [0.717, 1.165) is 31.6 Å². The van der Waals surface area contributed by atoms with Crippen molar-refractivity contribution in [1.82, 2.24) is 5.32 Å². The van der Waals surface area contributed by atoms with Crippen molar-refractivity contribution in [3.63, 3.8) is 0 Å². The van der Waals surface area contributed by atoms with Crippen LogP contribution < -0.4 is 11.1 Å². The van der Waals surface area contributed by atoms with Crippen LogP contribution in [0, 0.1) is 5.92 Å². The lowest BCUT2D eigenvalue weighted by molar-refractivity contribution is -0.122. The predicted octanol–water partition coefficient (Wildman–Crippen LogP) is 2.59. The molecule has 3 N–H and O–H groups in total. The van der Waals surface area contributed by atoms with E-state index in [1.807, 2.05) is 0 Å². The van der Waals surface area contributed by atoms with Crippen LogP contribution in [0.25, 0.3) is 0 Å². The van der Waals surface area contributed by atoms with Crippen LogP contribution in [0.4, 0.5) is 0 Å². The first-order chi connectivity index (χ1) is 8.11. The van der Waals surface area contributed by atoms with Crippen molar-refractivity contribution >= 4 is 5.91 Å². The number of carbonyl (C=O) groups excluding carboxylic acids is 1. The first-order valence-corrected chi connectivity index (χ1v) is 7.16. The minimum Gasteiger partial charge on any atom is -0.353 e. The third-order valence-electron chi connectivity index (χ3n) is 3.73. The molecule has 17 heavy (non-hydrogen) atoms. The Balaban J connectivity index is 2.25. The summed E-state index contributed by atoms with van der Waals surface area (Å²) in [5, 5.41) is 3.15. The van der Waals surface area contributed by atoms with Crippen molar-refractivity contribution in [3.8, 4) is 0 Å². The first kappa shape index (κ1) is 14.5. The lowest BCUT2D eigenvalue weighted by Crippen LogP contribution is -2.38. The topological polar surface area (TPSA) is 55.1 Å². The summed E-state index contributed by atoms with van der Waals surface area (Å²) in [6.07, 6.45) is 8.54. The van der Waals surface area contributed by atoms with E-state index < -0.39 is 0 Å². The molecule has 1 amide bonds. The van der Waals surface area contributed by atoms with Crippen LogP contribution in [0.15, 0.2) is 0 Å². The quantitative estimate of drug-likeness (QED) is 0.726. The van der Waals surface area contributed by atoms with Crippen LogP contribution >= 0.6 is 0 Å². The lowest BCUT2D eigenvalue weighted by atomic mass is 10.0. The molecule has 0 aromatic heterocycles. The Bertz CT molecular complexity index is 230. The van der Waals surface area contributed by atoms with Crippen LogP contribution in [-0.2, 0) is 4.79 Å². The third kappa shape index (κ3) is 6.06. The fourth-order valence-electron chi connectivity index (χ4n) is 2.63. The molecule has 3 atom stereocenters. The van der Waals surface area contributed by atoms with E-state index in [-0.39, 0.29) is 11.9 Å². The maximum Gasteiger partial charge on any atom is 0.221 e. The van der Waals surface area contributed by atoms with Gasteiger partial charge in [-0.2, -0.15) is 0 Å². The zero-order valence-electron chi connectivity index (χ0n) is 11.4. The molecular weight excluding hydrogens is 212 g/mol. The van der Waals surface area contributed by atoms with Gasteiger partial charge in [0.1, 0.15) is 0 Å². The molecule has 0 aromatic rings. The van der Waals surface area contributed by atoms with Gasteiger partial charge in [-0.25, -0.2) is 0 Å². The first-order valence-electron chi connectivity index (χ1n) is 7.16. The molecule has 0 aliphatic heterocycles. The molecule has 1 fully saturated rings. The molecule has 1 aliphatic carbocycles. The fourth-order valence-corrected chi connectivity index (χ4v) is 2.63. The highest BCUT2D eigenvalue weighted by Crippen LogP contribution is 2.22. The van der Waals surface area contributed by atoms with Gasteiger partial charge in [-0.3, -0.25) is 4.79 Å². The third-order valence-corrected chi connectivity index (χ3v) is 3.73. The van der Waals surface area contributed by atoms with E-state index in [1.54, 1.807) is 0 Å². The normalized spacial score (nSPS) is 27.2. The number of carbonyl (C=O) groups is 1. The Morgan fingerprint density at radius 2 is 2.12 bits per heavy atom. The molecular formula is C14H28N2O. The SMILES string of the molecule is CCCC(N)CC(=O)NC1CCCC(C)CC1. The van der Waals surface area contributed by atoms with Gasteiger partial charge in [-0.15, -0.1) is 0 Å². The number of hydrogen-bond acceptors (Lipinski definition) is 2. The van der Waals surface area contributed by atoms with Gasteiger partial charge in [-0.1, -0.05) is 33.1 Å². The van der Waals surface area contributed by atoms with Crippen LogP contribution in [0.5, 0.6) is 0 Å². The van der Waals surface area contributed by atoms with Crippen molar-refractivity contribution < 1.29 is 4.79 Å². The van der Waals surface area contributed by atoms with E-state index >= 15 is 0 Å². The smallest absolute Gasteiger partial charge is 0.221 e. The largest absolute Gasteiger partial charge is 0.353 e. The number of nitrogens with two attached hydrogens (primary N) is 1. The van der Waals surface area contributed by atoms with Gasteiger partial charge in [0.2, 0.25) is 5.91 Å². The molecule has 0 heterocycles. The molecule has 0 spiro atoms. The summed E-state index contributed by atoms with van der Waals surface area (Å²) < 4.78 is 0. The minimum atomic E-state index is 0.0321. The summed E-state index contributed by atoms with van der Waals surface area (Å²) >= 11 is 0. The Morgan fingerprint density at radius 3 is 2.82 bits per heavy atom. The summed E-state index contributed by atoms with van der Waals surface area (Å²) in [5.74, 6) is 0.963. The maximum atomic E-state index is 11.8. The summed E-state index contributed by atoms with van der Waals surface area (Å²) in [6, 6.07) is 0.422. The van der Waals surface area contributed by atoms with Crippen molar-refractivity contribution in [2.75, 3.05) is 0 Å². The second kappa shape index (κ2) is 7.70. The summed E-state index contributed by atoms with van der Waals surface area (Å²) in [5.41, 5.74) is 5.88. The zero-order valence-corrected chi connectivity index (χ0v) is 11.4. The maximum absolute atomic E-state index is 11.8. The second-order valence-electron chi connectivity index (χ2n) is 5.63. The molecule has 100 valence electrons. The van der Waals surface area contributed by atoms with Crippen molar-refractivity contribution in [2.24, 2.45) is 11.7 Å².